The third-order valence-electron chi connectivity index (χ3n) is 6.73. The Morgan fingerprint density at radius 1 is 1.03 bits per heavy atom. The van der Waals surface area contributed by atoms with Gasteiger partial charge in [-0.1, -0.05) is 49.1 Å². The number of hydrogen-bond donors (Lipinski definition) is 1. The Balaban J connectivity index is 1.38. The van der Waals surface area contributed by atoms with Crippen LogP contribution in [0.5, 0.6) is 5.75 Å². The number of carbonyl (C=O) groups excluding carboxylic acids is 1. The maximum atomic E-state index is 14.8. The van der Waals surface area contributed by atoms with Gasteiger partial charge in [0.05, 0.1) is 11.7 Å². The molecule has 1 aliphatic rings. The van der Waals surface area contributed by atoms with Crippen LogP contribution in [0.15, 0.2) is 67.3 Å². The Kier molecular flexibility index (Phi) is 8.34. The number of esters is 1. The van der Waals surface area contributed by atoms with Gasteiger partial charge in [-0.15, -0.1) is 0 Å². The van der Waals surface area contributed by atoms with Crippen molar-refractivity contribution in [1.82, 2.24) is 0 Å². The van der Waals surface area contributed by atoms with Crippen LogP contribution in [0.1, 0.15) is 66.1 Å². The zero-order valence-electron chi connectivity index (χ0n) is 20.6. The Labute approximate surface area is 214 Å². The van der Waals surface area contributed by atoms with Crippen molar-refractivity contribution < 1.29 is 32.5 Å². The molecule has 0 bridgehead atoms. The van der Waals surface area contributed by atoms with E-state index >= 15 is 0 Å². The molecule has 1 saturated carbocycles. The highest BCUT2D eigenvalue weighted by molar-refractivity contribution is 5.90. The van der Waals surface area contributed by atoms with Gasteiger partial charge in [0.25, 0.3) is 0 Å². The van der Waals surface area contributed by atoms with Crippen molar-refractivity contribution in [3.63, 3.8) is 0 Å². The van der Waals surface area contributed by atoms with Crippen LogP contribution < -0.4 is 4.74 Å². The van der Waals surface area contributed by atoms with E-state index in [4.69, 9.17) is 9.47 Å². The fraction of sp³-hybridized carbons (Fsp3) is 0.300. The maximum absolute atomic E-state index is 14.8. The normalized spacial score (nSPS) is 18.2. The van der Waals surface area contributed by atoms with Crippen LogP contribution in [0.3, 0.4) is 0 Å². The lowest BCUT2D eigenvalue weighted by Crippen LogP contribution is -2.25. The molecule has 0 aliphatic heterocycles. The number of rotatable bonds is 8. The van der Waals surface area contributed by atoms with Gasteiger partial charge in [0.15, 0.2) is 11.6 Å². The third kappa shape index (κ3) is 6.05. The predicted molar refractivity (Wildman–Crippen MR) is 135 cm³/mol. The third-order valence-corrected chi connectivity index (χ3v) is 6.73. The first-order valence-corrected chi connectivity index (χ1v) is 12.3. The summed E-state index contributed by atoms with van der Waals surface area (Å²) in [6.45, 7) is 5.47. The standard InChI is InChI=1S/C30H29F3O4/c1-3-16-36-23-12-13-24(27(31)17-23)20-8-10-22(11-9-20)37-30(35)26-15-14-25(28(32)29(26)33)21-6-4-19(5-7-21)18(2)34/h3-7,12-15,17-18,20,22,34H,1,8-11,16H2,2H3. The van der Waals surface area contributed by atoms with Crippen LogP contribution in [-0.2, 0) is 4.74 Å². The SMILES string of the molecule is C=CCOc1ccc(C2CCC(OC(=O)c3ccc(-c4ccc(C(C)O)cc4)c(F)c3F)CC2)c(F)c1. The minimum absolute atomic E-state index is 0.00892. The van der Waals surface area contributed by atoms with Crippen LogP contribution >= 0.6 is 0 Å². The second-order valence-corrected chi connectivity index (χ2v) is 9.25. The number of hydrogen-bond acceptors (Lipinski definition) is 4. The summed E-state index contributed by atoms with van der Waals surface area (Å²) in [5.74, 6) is -3.28. The van der Waals surface area contributed by atoms with Crippen LogP contribution in [0, 0.1) is 17.5 Å². The van der Waals surface area contributed by atoms with E-state index in [1.54, 1.807) is 49.4 Å². The second-order valence-electron chi connectivity index (χ2n) is 9.25. The molecular formula is C30H29F3O4. The first-order valence-electron chi connectivity index (χ1n) is 12.3. The van der Waals surface area contributed by atoms with Gasteiger partial charge in [0.1, 0.15) is 24.3 Å². The summed E-state index contributed by atoms with van der Waals surface area (Å²) < 4.78 is 55.1. The predicted octanol–water partition coefficient (Wildman–Crippen LogP) is 7.27. The fourth-order valence-electron chi connectivity index (χ4n) is 4.66. The number of carbonyl (C=O) groups is 1. The molecule has 1 N–H and O–H groups in total. The molecule has 7 heteroatoms. The minimum atomic E-state index is -1.27. The van der Waals surface area contributed by atoms with Gasteiger partial charge >= 0.3 is 5.97 Å². The van der Waals surface area contributed by atoms with Crippen LogP contribution in [0.25, 0.3) is 11.1 Å². The summed E-state index contributed by atoms with van der Waals surface area (Å²) >= 11 is 0. The van der Waals surface area contributed by atoms with Gasteiger partial charge in [0, 0.05) is 11.6 Å². The van der Waals surface area contributed by atoms with Gasteiger partial charge in [-0.3, -0.25) is 0 Å². The summed E-state index contributed by atoms with van der Waals surface area (Å²) in [4.78, 5) is 12.6. The highest BCUT2D eigenvalue weighted by atomic mass is 19.2. The van der Waals surface area contributed by atoms with Crippen molar-refractivity contribution in [3.05, 3.63) is 101 Å². The maximum Gasteiger partial charge on any atom is 0.341 e. The van der Waals surface area contributed by atoms with E-state index in [9.17, 15) is 23.1 Å². The zero-order chi connectivity index (χ0) is 26.5. The molecule has 1 aliphatic carbocycles. The molecule has 37 heavy (non-hydrogen) atoms. The molecular weight excluding hydrogens is 481 g/mol. The molecule has 0 heterocycles. The second kappa shape index (κ2) is 11.6. The van der Waals surface area contributed by atoms with Gasteiger partial charge < -0.3 is 14.6 Å². The van der Waals surface area contributed by atoms with E-state index in [0.29, 0.717) is 54.7 Å². The average Bonchev–Trinajstić information content (AvgIpc) is 2.89. The van der Waals surface area contributed by atoms with Gasteiger partial charge in [-0.25, -0.2) is 18.0 Å². The fourth-order valence-corrected chi connectivity index (χ4v) is 4.66. The summed E-state index contributed by atoms with van der Waals surface area (Å²) in [6, 6.07) is 13.8. The van der Waals surface area contributed by atoms with Gasteiger partial charge in [-0.2, -0.15) is 0 Å². The minimum Gasteiger partial charge on any atom is -0.489 e. The quantitative estimate of drug-likeness (QED) is 0.256. The van der Waals surface area contributed by atoms with E-state index < -0.39 is 35.4 Å². The van der Waals surface area contributed by atoms with E-state index in [1.165, 1.54) is 18.2 Å². The van der Waals surface area contributed by atoms with Crippen molar-refractivity contribution in [1.29, 1.82) is 0 Å². The molecule has 1 fully saturated rings. The largest absolute Gasteiger partial charge is 0.489 e. The van der Waals surface area contributed by atoms with Crippen LogP contribution in [0.4, 0.5) is 13.2 Å². The molecule has 0 aromatic heterocycles. The van der Waals surface area contributed by atoms with E-state index in [-0.39, 0.29) is 17.3 Å². The van der Waals surface area contributed by atoms with Crippen molar-refractivity contribution in [3.8, 4) is 16.9 Å². The number of halogens is 3. The Bertz CT molecular complexity index is 1260. The summed E-state index contributed by atoms with van der Waals surface area (Å²) in [5, 5.41) is 9.63. The summed E-state index contributed by atoms with van der Waals surface area (Å²) in [5.41, 5.74) is 1.20. The van der Waals surface area contributed by atoms with Crippen molar-refractivity contribution in [2.75, 3.05) is 6.61 Å². The monoisotopic (exact) mass is 510 g/mol. The molecule has 0 amide bonds. The van der Waals surface area contributed by atoms with Crippen LogP contribution in [0.2, 0.25) is 0 Å². The first kappa shape index (κ1) is 26.5. The first-order chi connectivity index (χ1) is 17.8. The molecule has 4 rings (SSSR count). The average molecular weight is 511 g/mol. The summed E-state index contributed by atoms with van der Waals surface area (Å²) in [6.07, 6.45) is 2.62. The lowest BCUT2D eigenvalue weighted by Gasteiger charge is -2.29. The highest BCUT2D eigenvalue weighted by Gasteiger charge is 2.28. The van der Waals surface area contributed by atoms with E-state index in [0.717, 1.165) is 0 Å². The Hall–Kier alpha value is -3.58. The number of ether oxygens (including phenoxy) is 2. The topological polar surface area (TPSA) is 55.8 Å². The molecule has 0 radical (unpaired) electrons. The van der Waals surface area contributed by atoms with E-state index in [1.807, 2.05) is 0 Å². The number of aliphatic hydroxyl groups excluding tert-OH is 1. The lowest BCUT2D eigenvalue weighted by atomic mass is 9.82. The zero-order valence-corrected chi connectivity index (χ0v) is 20.6. The van der Waals surface area contributed by atoms with Crippen LogP contribution in [-0.4, -0.2) is 23.8 Å². The van der Waals surface area contributed by atoms with E-state index in [2.05, 4.69) is 6.58 Å². The molecule has 0 saturated heterocycles. The number of benzene rings is 3. The molecule has 194 valence electrons. The van der Waals surface area contributed by atoms with Crippen molar-refractivity contribution >= 4 is 5.97 Å². The molecule has 4 nitrogen and oxygen atoms in total. The molecule has 3 aromatic rings. The molecule has 1 unspecified atom stereocenters. The molecule has 3 aromatic carbocycles. The smallest absolute Gasteiger partial charge is 0.341 e. The summed E-state index contributed by atoms with van der Waals surface area (Å²) in [7, 11) is 0. The molecule has 0 spiro atoms. The van der Waals surface area contributed by atoms with Gasteiger partial charge in [0.2, 0.25) is 0 Å². The molecule has 1 atom stereocenters. The highest BCUT2D eigenvalue weighted by Crippen LogP contribution is 2.37. The number of aliphatic hydroxyl groups is 1. The Morgan fingerprint density at radius 2 is 1.73 bits per heavy atom. The lowest BCUT2D eigenvalue weighted by molar-refractivity contribution is 0.0188. The van der Waals surface area contributed by atoms with Crippen molar-refractivity contribution in [2.45, 2.75) is 50.7 Å². The Morgan fingerprint density at radius 3 is 2.35 bits per heavy atom. The van der Waals surface area contributed by atoms with Gasteiger partial charge in [-0.05, 0) is 67.3 Å². The van der Waals surface area contributed by atoms with Crippen molar-refractivity contribution in [2.24, 2.45) is 0 Å².